The number of hydrogen-bond acceptors (Lipinski definition) is 7. The third-order valence-corrected chi connectivity index (χ3v) is 7.24. The third-order valence-electron chi connectivity index (χ3n) is 7.24. The molecule has 1 saturated carbocycles. The zero-order valence-corrected chi connectivity index (χ0v) is 23.5. The molecule has 3 heterocycles. The number of carbonyl (C=O) groups is 1. The van der Waals surface area contributed by atoms with Crippen molar-refractivity contribution in [3.8, 4) is 34.3 Å². The monoisotopic (exact) mass is 584 g/mol. The molecule has 218 valence electrons. The lowest BCUT2D eigenvalue weighted by Gasteiger charge is -2.17. The lowest BCUT2D eigenvalue weighted by molar-refractivity contribution is 0.102. The molecule has 3 aromatic heterocycles. The number of aromatic nitrogens is 3. The van der Waals surface area contributed by atoms with Crippen molar-refractivity contribution in [2.75, 3.05) is 19.5 Å². The highest BCUT2D eigenvalue weighted by atomic mass is 19.1. The zero-order valence-electron chi connectivity index (χ0n) is 23.5. The number of ether oxygens (including phenoxy) is 3. The maximum absolute atomic E-state index is 15.2. The van der Waals surface area contributed by atoms with Crippen molar-refractivity contribution in [1.29, 1.82) is 0 Å². The van der Waals surface area contributed by atoms with Gasteiger partial charge in [-0.25, -0.2) is 13.8 Å². The smallest absolute Gasteiger partial charge is 0.261 e. The van der Waals surface area contributed by atoms with E-state index in [1.165, 1.54) is 69.1 Å². The zero-order chi connectivity index (χ0) is 30.2. The van der Waals surface area contributed by atoms with Gasteiger partial charge < -0.3 is 24.1 Å². The van der Waals surface area contributed by atoms with E-state index in [0.717, 1.165) is 18.9 Å². The molecule has 2 aromatic carbocycles. The number of rotatable bonds is 8. The number of nitrogens with one attached hydrogen (secondary N) is 1. The molecule has 6 rings (SSSR count). The van der Waals surface area contributed by atoms with Crippen molar-refractivity contribution in [2.24, 2.45) is 0 Å². The van der Waals surface area contributed by atoms with Crippen molar-refractivity contribution < 1.29 is 27.8 Å². The van der Waals surface area contributed by atoms with Gasteiger partial charge in [-0.3, -0.25) is 14.6 Å². The molecule has 0 saturated heterocycles. The number of benzene rings is 2. The average Bonchev–Trinajstić information content (AvgIpc) is 3.84. The number of fused-ring (bicyclic) bond motifs is 1. The Bertz CT molecular complexity index is 1940. The van der Waals surface area contributed by atoms with Gasteiger partial charge in [0.25, 0.3) is 11.8 Å². The number of hydrogen-bond donors (Lipinski definition) is 1. The summed E-state index contributed by atoms with van der Waals surface area (Å²) in [5.41, 5.74) is 1.84. The second-order valence-corrected chi connectivity index (χ2v) is 10.1. The van der Waals surface area contributed by atoms with E-state index >= 15 is 4.39 Å². The Balaban J connectivity index is 1.29. The minimum atomic E-state index is -0.755. The SMILES string of the molecule is COc1cc2nccc(Oc3ccc(NC(=O)c4cn(C5CC5)c(C)c(-c5ccc(F)cc5)c4=O)cc3F)c2nc1OC. The maximum atomic E-state index is 15.2. The van der Waals surface area contributed by atoms with E-state index in [9.17, 15) is 14.0 Å². The molecule has 1 amide bonds. The molecule has 0 unspecified atom stereocenters. The Hall–Kier alpha value is -5.32. The molecule has 43 heavy (non-hydrogen) atoms. The van der Waals surface area contributed by atoms with Gasteiger partial charge in [0, 0.05) is 53.6 Å². The van der Waals surface area contributed by atoms with E-state index in [2.05, 4.69) is 15.3 Å². The van der Waals surface area contributed by atoms with E-state index < -0.39 is 23.0 Å². The van der Waals surface area contributed by atoms with E-state index in [4.69, 9.17) is 14.2 Å². The number of carbonyl (C=O) groups excluding carboxylic acids is 1. The molecule has 1 N–H and O–H groups in total. The van der Waals surface area contributed by atoms with Gasteiger partial charge in [0.1, 0.15) is 16.9 Å². The minimum Gasteiger partial charge on any atom is -0.491 e. The summed E-state index contributed by atoms with van der Waals surface area (Å²) in [6, 6.07) is 12.8. The molecule has 1 fully saturated rings. The molecule has 0 spiro atoms. The van der Waals surface area contributed by atoms with Crippen molar-refractivity contribution >= 4 is 22.6 Å². The van der Waals surface area contributed by atoms with Gasteiger partial charge >= 0.3 is 0 Å². The predicted molar refractivity (Wildman–Crippen MR) is 156 cm³/mol. The Morgan fingerprint density at radius 3 is 2.42 bits per heavy atom. The molecule has 0 aliphatic heterocycles. The number of methoxy groups -OCH3 is 2. The number of amides is 1. The first kappa shape index (κ1) is 27.8. The first-order valence-corrected chi connectivity index (χ1v) is 13.5. The Kier molecular flexibility index (Phi) is 7.22. The second-order valence-electron chi connectivity index (χ2n) is 10.1. The third kappa shape index (κ3) is 5.36. The summed E-state index contributed by atoms with van der Waals surface area (Å²) in [4.78, 5) is 35.5. The molecule has 5 aromatic rings. The summed E-state index contributed by atoms with van der Waals surface area (Å²) in [7, 11) is 2.93. The van der Waals surface area contributed by atoms with Crippen molar-refractivity contribution in [3.63, 3.8) is 0 Å². The summed E-state index contributed by atoms with van der Waals surface area (Å²) in [6.45, 7) is 1.81. The van der Waals surface area contributed by atoms with Crippen LogP contribution in [0.15, 0.2) is 71.8 Å². The van der Waals surface area contributed by atoms with Crippen LogP contribution in [0.25, 0.3) is 22.2 Å². The van der Waals surface area contributed by atoms with Crippen molar-refractivity contribution in [2.45, 2.75) is 25.8 Å². The molecular weight excluding hydrogens is 558 g/mol. The molecule has 1 aliphatic rings. The van der Waals surface area contributed by atoms with E-state index in [0.29, 0.717) is 33.6 Å². The Labute approximate surface area is 244 Å². The summed E-state index contributed by atoms with van der Waals surface area (Å²) in [5.74, 6) is -1.17. The Morgan fingerprint density at radius 1 is 0.977 bits per heavy atom. The Morgan fingerprint density at radius 2 is 1.74 bits per heavy atom. The molecule has 9 nitrogen and oxygen atoms in total. The highest BCUT2D eigenvalue weighted by Gasteiger charge is 2.28. The van der Waals surface area contributed by atoms with Crippen LogP contribution in [0.1, 0.15) is 34.9 Å². The number of nitrogens with zero attached hydrogens (tertiary/aromatic N) is 3. The molecule has 11 heteroatoms. The van der Waals surface area contributed by atoms with Crippen molar-refractivity contribution in [1.82, 2.24) is 14.5 Å². The van der Waals surface area contributed by atoms with Crippen LogP contribution in [0.3, 0.4) is 0 Å². The normalized spacial score (nSPS) is 12.7. The highest BCUT2D eigenvalue weighted by Crippen LogP contribution is 2.38. The van der Waals surface area contributed by atoms with Gasteiger partial charge in [0.05, 0.1) is 19.7 Å². The van der Waals surface area contributed by atoms with Crippen LogP contribution in [-0.4, -0.2) is 34.7 Å². The average molecular weight is 585 g/mol. The molecule has 0 bridgehead atoms. The van der Waals surface area contributed by atoms with Gasteiger partial charge in [-0.1, -0.05) is 12.1 Å². The summed E-state index contributed by atoms with van der Waals surface area (Å²) >= 11 is 0. The van der Waals surface area contributed by atoms with Gasteiger partial charge in [-0.05, 0) is 49.6 Å². The van der Waals surface area contributed by atoms with Gasteiger partial charge in [-0.15, -0.1) is 0 Å². The van der Waals surface area contributed by atoms with E-state index in [1.54, 1.807) is 6.07 Å². The second kappa shape index (κ2) is 11.2. The lowest BCUT2D eigenvalue weighted by atomic mass is 10.0. The first-order chi connectivity index (χ1) is 20.8. The molecule has 1 aliphatic carbocycles. The molecule has 0 atom stereocenters. The quantitative estimate of drug-likeness (QED) is 0.224. The van der Waals surface area contributed by atoms with Gasteiger partial charge in [0.2, 0.25) is 5.43 Å². The maximum Gasteiger partial charge on any atom is 0.261 e. The van der Waals surface area contributed by atoms with Crippen LogP contribution < -0.4 is 25.0 Å². The number of anilines is 1. The van der Waals surface area contributed by atoms with Crippen LogP contribution >= 0.6 is 0 Å². The first-order valence-electron chi connectivity index (χ1n) is 13.5. The predicted octanol–water partition coefficient (Wildman–Crippen LogP) is 6.44. The van der Waals surface area contributed by atoms with E-state index in [1.807, 2.05) is 11.5 Å². The van der Waals surface area contributed by atoms with E-state index in [-0.39, 0.29) is 34.7 Å². The van der Waals surface area contributed by atoms with Crippen molar-refractivity contribution in [3.05, 3.63) is 100 Å². The molecule has 0 radical (unpaired) electrons. The highest BCUT2D eigenvalue weighted by molar-refractivity contribution is 6.04. The van der Waals surface area contributed by atoms with Gasteiger partial charge in [-0.2, -0.15) is 0 Å². The standard InChI is InChI=1S/C32H26F2N4O5/c1-17-28(18-4-6-19(33)7-5-18)30(39)22(16-38(17)21-9-10-21)31(40)36-20-8-11-25(23(34)14-20)43-26-12-13-35-24-15-27(41-2)32(42-3)37-29(24)26/h4-8,11-16,21H,9-10H2,1-3H3,(H,36,40). The lowest BCUT2D eigenvalue weighted by Crippen LogP contribution is -2.26. The minimum absolute atomic E-state index is 0.101. The number of halogens is 2. The summed E-state index contributed by atoms with van der Waals surface area (Å²) < 4.78 is 47.1. The van der Waals surface area contributed by atoms with Gasteiger partial charge in [0.15, 0.2) is 23.1 Å². The molecular formula is C32H26F2N4O5. The summed E-state index contributed by atoms with van der Waals surface area (Å²) in [5, 5.41) is 2.62. The van der Waals surface area contributed by atoms with Crippen LogP contribution in [-0.2, 0) is 0 Å². The fourth-order valence-corrected chi connectivity index (χ4v) is 4.94. The fourth-order valence-electron chi connectivity index (χ4n) is 4.94. The van der Waals surface area contributed by atoms with Crippen LogP contribution in [0.4, 0.5) is 14.5 Å². The van der Waals surface area contributed by atoms with Crippen LogP contribution in [0.5, 0.6) is 23.1 Å². The topological polar surface area (TPSA) is 105 Å². The summed E-state index contributed by atoms with van der Waals surface area (Å²) in [6.07, 6.45) is 4.87. The largest absolute Gasteiger partial charge is 0.491 e. The fraction of sp³-hybridized carbons (Fsp3) is 0.188. The van der Waals surface area contributed by atoms with Crippen LogP contribution in [0.2, 0.25) is 0 Å². The number of pyridine rings is 3. The van der Waals surface area contributed by atoms with Crippen LogP contribution in [0, 0.1) is 18.6 Å².